The Bertz CT molecular complexity index is 425. The molecule has 2 nitrogen and oxygen atoms in total. The maximum absolute atomic E-state index is 5.61. The molecule has 2 rings (SSSR count). The summed E-state index contributed by atoms with van der Waals surface area (Å²) in [5, 5.41) is 0.614. The lowest BCUT2D eigenvalue weighted by atomic mass is 10.1. The van der Waals surface area contributed by atoms with Crippen LogP contribution in [-0.4, -0.2) is 4.98 Å². The van der Waals surface area contributed by atoms with Crippen LogP contribution in [0.5, 0.6) is 0 Å². The smallest absolute Gasteiger partial charge is 0.181 e. The highest BCUT2D eigenvalue weighted by atomic mass is 79.9. The molecule has 0 amide bonds. The number of rotatable bonds is 2. The Kier molecular flexibility index (Phi) is 2.84. The zero-order valence-corrected chi connectivity index (χ0v) is 9.81. The van der Waals surface area contributed by atoms with E-state index in [0.29, 0.717) is 5.13 Å². The normalized spacial score (nSPS) is 10.4. The monoisotopic (exact) mass is 268 g/mol. The van der Waals surface area contributed by atoms with Gasteiger partial charge >= 0.3 is 0 Å². The minimum Gasteiger partial charge on any atom is -0.375 e. The van der Waals surface area contributed by atoms with Crippen molar-refractivity contribution in [2.75, 3.05) is 5.73 Å². The molecule has 4 heteroatoms. The third-order valence-electron chi connectivity index (χ3n) is 1.87. The van der Waals surface area contributed by atoms with Crippen LogP contribution < -0.4 is 5.73 Å². The van der Waals surface area contributed by atoms with Crippen LogP contribution in [0, 0.1) is 0 Å². The zero-order valence-electron chi connectivity index (χ0n) is 7.40. The first-order valence-electron chi connectivity index (χ1n) is 4.20. The molecule has 1 aromatic carbocycles. The molecule has 0 saturated carbocycles. The van der Waals surface area contributed by atoms with Crippen molar-refractivity contribution in [2.24, 2.45) is 0 Å². The third kappa shape index (κ3) is 2.13. The van der Waals surface area contributed by atoms with E-state index in [9.17, 15) is 0 Å². The number of hydrogen-bond donors (Lipinski definition) is 1. The van der Waals surface area contributed by atoms with Crippen LogP contribution in [0.3, 0.4) is 0 Å². The summed E-state index contributed by atoms with van der Waals surface area (Å²) in [6.45, 7) is 0. The Hall–Kier alpha value is -0.870. The predicted molar refractivity (Wildman–Crippen MR) is 63.5 cm³/mol. The predicted octanol–water partition coefficient (Wildman–Crippen LogP) is 3.08. The summed E-state index contributed by atoms with van der Waals surface area (Å²) in [6, 6.07) is 10.3. The average molecular weight is 269 g/mol. The van der Waals surface area contributed by atoms with Crippen LogP contribution in [0.15, 0.2) is 34.9 Å². The average Bonchev–Trinajstić information content (AvgIpc) is 2.47. The fraction of sp³-hybridized carbons (Fsp3) is 0.100. The number of anilines is 1. The number of benzene rings is 1. The molecule has 1 aromatic heterocycles. The second-order valence-electron chi connectivity index (χ2n) is 2.93. The van der Waals surface area contributed by atoms with Crippen molar-refractivity contribution in [1.82, 2.24) is 4.98 Å². The fourth-order valence-electron chi connectivity index (χ4n) is 1.24. The summed E-state index contributed by atoms with van der Waals surface area (Å²) in [5.74, 6) is 0. The number of thiazole rings is 1. The fourth-order valence-corrected chi connectivity index (χ4v) is 2.69. The first-order chi connectivity index (χ1) is 6.75. The molecule has 0 spiro atoms. The largest absolute Gasteiger partial charge is 0.375 e. The number of aromatic nitrogens is 1. The van der Waals surface area contributed by atoms with E-state index in [1.54, 1.807) is 0 Å². The summed E-state index contributed by atoms with van der Waals surface area (Å²) in [5.41, 5.74) is 6.89. The number of nitrogens with two attached hydrogens (primary N) is 1. The minimum absolute atomic E-state index is 0.614. The molecule has 72 valence electrons. The van der Waals surface area contributed by atoms with Crippen molar-refractivity contribution in [2.45, 2.75) is 6.42 Å². The molecule has 1 heterocycles. The molecule has 0 radical (unpaired) electrons. The number of nitrogens with zero attached hydrogens (tertiary/aromatic N) is 1. The summed E-state index contributed by atoms with van der Waals surface area (Å²) >= 11 is 4.92. The molecule has 0 aliphatic rings. The lowest BCUT2D eigenvalue weighted by molar-refractivity contribution is 1.19. The molecular weight excluding hydrogens is 260 g/mol. The number of halogens is 1. The standard InChI is InChI=1S/C10H9BrN2S/c11-9-8(14-10(12)13-9)6-7-4-2-1-3-5-7/h1-5H,6H2,(H2,12,13). The van der Waals surface area contributed by atoms with E-state index >= 15 is 0 Å². The highest BCUT2D eigenvalue weighted by molar-refractivity contribution is 9.10. The highest BCUT2D eigenvalue weighted by Crippen LogP contribution is 2.27. The van der Waals surface area contributed by atoms with E-state index < -0.39 is 0 Å². The summed E-state index contributed by atoms with van der Waals surface area (Å²) < 4.78 is 0.865. The van der Waals surface area contributed by atoms with Crippen LogP contribution >= 0.6 is 27.3 Å². The van der Waals surface area contributed by atoms with Gasteiger partial charge in [0.25, 0.3) is 0 Å². The van der Waals surface area contributed by atoms with E-state index in [1.165, 1.54) is 21.8 Å². The van der Waals surface area contributed by atoms with E-state index in [4.69, 9.17) is 5.73 Å². The summed E-state index contributed by atoms with van der Waals surface area (Å²) in [4.78, 5) is 5.29. The Morgan fingerprint density at radius 2 is 2.00 bits per heavy atom. The van der Waals surface area contributed by atoms with Gasteiger partial charge in [-0.3, -0.25) is 0 Å². The highest BCUT2D eigenvalue weighted by Gasteiger charge is 2.06. The van der Waals surface area contributed by atoms with Crippen molar-refractivity contribution in [3.8, 4) is 0 Å². The molecule has 0 unspecified atom stereocenters. The summed E-state index contributed by atoms with van der Waals surface area (Å²) in [7, 11) is 0. The Morgan fingerprint density at radius 3 is 2.57 bits per heavy atom. The third-order valence-corrected chi connectivity index (χ3v) is 3.68. The van der Waals surface area contributed by atoms with E-state index in [0.717, 1.165) is 11.0 Å². The molecule has 0 aliphatic carbocycles. The first-order valence-corrected chi connectivity index (χ1v) is 5.81. The van der Waals surface area contributed by atoms with Crippen LogP contribution in [-0.2, 0) is 6.42 Å². The quantitative estimate of drug-likeness (QED) is 0.909. The number of nitrogen functional groups attached to an aromatic ring is 1. The minimum atomic E-state index is 0.614. The molecule has 14 heavy (non-hydrogen) atoms. The summed E-state index contributed by atoms with van der Waals surface area (Å²) in [6.07, 6.45) is 0.885. The van der Waals surface area contributed by atoms with Gasteiger partial charge in [0.05, 0.1) is 0 Å². The van der Waals surface area contributed by atoms with Gasteiger partial charge in [0, 0.05) is 11.3 Å². The van der Waals surface area contributed by atoms with Crippen molar-refractivity contribution in [1.29, 1.82) is 0 Å². The van der Waals surface area contributed by atoms with Crippen LogP contribution in [0.1, 0.15) is 10.4 Å². The Labute approximate surface area is 94.9 Å². The van der Waals surface area contributed by atoms with Gasteiger partial charge < -0.3 is 5.73 Å². The van der Waals surface area contributed by atoms with Crippen molar-refractivity contribution >= 4 is 32.4 Å². The SMILES string of the molecule is Nc1nc(Br)c(Cc2ccccc2)s1. The molecule has 2 N–H and O–H groups in total. The molecule has 0 saturated heterocycles. The molecule has 0 fully saturated rings. The van der Waals surface area contributed by atoms with E-state index in [2.05, 4.69) is 33.0 Å². The second-order valence-corrected chi connectivity index (χ2v) is 4.79. The lowest BCUT2D eigenvalue weighted by Gasteiger charge is -1.97. The molecule has 0 bridgehead atoms. The van der Waals surface area contributed by atoms with E-state index in [-0.39, 0.29) is 0 Å². The van der Waals surface area contributed by atoms with Gasteiger partial charge in [-0.25, -0.2) is 4.98 Å². The number of hydrogen-bond acceptors (Lipinski definition) is 3. The zero-order chi connectivity index (χ0) is 9.97. The van der Waals surface area contributed by atoms with Crippen molar-refractivity contribution in [3.05, 3.63) is 45.4 Å². The van der Waals surface area contributed by atoms with Crippen molar-refractivity contribution in [3.63, 3.8) is 0 Å². The van der Waals surface area contributed by atoms with Gasteiger partial charge in [0.1, 0.15) is 4.60 Å². The molecule has 0 aliphatic heterocycles. The van der Waals surface area contributed by atoms with Gasteiger partial charge in [0.15, 0.2) is 5.13 Å². The molecule has 2 aromatic rings. The van der Waals surface area contributed by atoms with Gasteiger partial charge in [-0.15, -0.1) is 11.3 Å². The topological polar surface area (TPSA) is 38.9 Å². The van der Waals surface area contributed by atoms with Gasteiger partial charge in [-0.05, 0) is 21.5 Å². The van der Waals surface area contributed by atoms with E-state index in [1.807, 2.05) is 18.2 Å². The van der Waals surface area contributed by atoms with Crippen LogP contribution in [0.4, 0.5) is 5.13 Å². The molecule has 0 atom stereocenters. The van der Waals surface area contributed by atoms with Gasteiger partial charge in [-0.1, -0.05) is 30.3 Å². The Morgan fingerprint density at radius 1 is 1.29 bits per heavy atom. The van der Waals surface area contributed by atoms with Crippen LogP contribution in [0.25, 0.3) is 0 Å². The second kappa shape index (κ2) is 4.11. The maximum Gasteiger partial charge on any atom is 0.181 e. The maximum atomic E-state index is 5.61. The van der Waals surface area contributed by atoms with Crippen LogP contribution in [0.2, 0.25) is 0 Å². The van der Waals surface area contributed by atoms with Gasteiger partial charge in [0.2, 0.25) is 0 Å². The Balaban J connectivity index is 2.23. The van der Waals surface area contributed by atoms with Gasteiger partial charge in [-0.2, -0.15) is 0 Å². The first kappa shape index (κ1) is 9.68. The lowest BCUT2D eigenvalue weighted by Crippen LogP contribution is -1.84. The molecular formula is C10H9BrN2S. The van der Waals surface area contributed by atoms with Crippen molar-refractivity contribution < 1.29 is 0 Å².